The van der Waals surface area contributed by atoms with E-state index >= 15 is 0 Å². The van der Waals surface area contributed by atoms with Gasteiger partial charge in [-0.1, -0.05) is 6.07 Å². The van der Waals surface area contributed by atoms with Crippen LogP contribution < -0.4 is 0 Å². The molecule has 0 aliphatic carbocycles. The normalized spacial score (nSPS) is 9.43. The minimum atomic E-state index is -0.674. The predicted molar refractivity (Wildman–Crippen MR) is 77.3 cm³/mol. The fourth-order valence-electron chi connectivity index (χ4n) is 1.45. The summed E-state index contributed by atoms with van der Waals surface area (Å²) in [5.41, 5.74) is 1.80. The molecule has 0 aliphatic rings. The Kier molecular flexibility index (Phi) is 5.36. The summed E-state index contributed by atoms with van der Waals surface area (Å²) >= 11 is 0. The zero-order chi connectivity index (χ0) is 16.0. The summed E-state index contributed by atoms with van der Waals surface area (Å²) in [6.45, 7) is 4.00. The van der Waals surface area contributed by atoms with Gasteiger partial charge in [-0.25, -0.2) is 0 Å². The first-order valence-electron chi connectivity index (χ1n) is 5.96. The van der Waals surface area contributed by atoms with Crippen molar-refractivity contribution in [3.05, 3.63) is 73.8 Å². The van der Waals surface area contributed by atoms with Gasteiger partial charge in [-0.15, -0.1) is 0 Å². The van der Waals surface area contributed by atoms with Crippen molar-refractivity contribution in [2.24, 2.45) is 0 Å². The second kappa shape index (κ2) is 6.99. The van der Waals surface area contributed by atoms with Gasteiger partial charge in [-0.3, -0.25) is 20.2 Å². The molecule has 21 heavy (non-hydrogen) atoms. The average Bonchev–Trinajstić information content (AvgIpc) is 2.44. The summed E-state index contributed by atoms with van der Waals surface area (Å²) in [4.78, 5) is 19.0. The van der Waals surface area contributed by atoms with Gasteiger partial charge < -0.3 is 5.11 Å². The van der Waals surface area contributed by atoms with Crippen LogP contribution in [0.4, 0.5) is 11.4 Å². The summed E-state index contributed by atoms with van der Waals surface area (Å²) < 4.78 is 0. The predicted octanol–water partition coefficient (Wildman–Crippen LogP) is 3.51. The van der Waals surface area contributed by atoms with E-state index in [2.05, 4.69) is 0 Å². The molecule has 0 aliphatic heterocycles. The molecule has 2 rings (SSSR count). The first-order chi connectivity index (χ1) is 9.81. The molecule has 0 atom stereocenters. The fourth-order valence-corrected chi connectivity index (χ4v) is 1.45. The molecule has 0 aromatic heterocycles. The summed E-state index contributed by atoms with van der Waals surface area (Å²) in [6.07, 6.45) is 0. The Balaban J connectivity index is 0.000000219. The molecule has 110 valence electrons. The van der Waals surface area contributed by atoms with Crippen LogP contribution in [0, 0.1) is 34.1 Å². The fraction of sp³-hybridized carbons (Fsp3) is 0.143. The van der Waals surface area contributed by atoms with Crippen LogP contribution in [0.15, 0.2) is 42.5 Å². The third-order valence-electron chi connectivity index (χ3n) is 2.74. The molecule has 2 aromatic carbocycles. The Hall–Kier alpha value is -2.96. The zero-order valence-corrected chi connectivity index (χ0v) is 11.5. The Morgan fingerprint density at radius 2 is 1.38 bits per heavy atom. The molecule has 0 fully saturated rings. The number of aromatic hydroxyl groups is 1. The summed E-state index contributed by atoms with van der Waals surface area (Å²) in [7, 11) is 0. The van der Waals surface area contributed by atoms with Crippen LogP contribution in [0.25, 0.3) is 0 Å². The number of phenols is 1. The molecule has 1 N–H and O–H groups in total. The van der Waals surface area contributed by atoms with Gasteiger partial charge in [0.05, 0.1) is 15.9 Å². The van der Waals surface area contributed by atoms with Crippen molar-refractivity contribution in [3.8, 4) is 5.75 Å². The van der Waals surface area contributed by atoms with Gasteiger partial charge in [0.25, 0.3) is 11.4 Å². The molecule has 0 saturated heterocycles. The van der Waals surface area contributed by atoms with E-state index in [1.807, 2.05) is 19.9 Å². The van der Waals surface area contributed by atoms with Crippen LogP contribution in [0.2, 0.25) is 0 Å². The Morgan fingerprint density at radius 1 is 0.857 bits per heavy atom. The third kappa shape index (κ3) is 4.90. The molecule has 7 heteroatoms. The van der Waals surface area contributed by atoms with E-state index in [1.165, 1.54) is 23.8 Å². The van der Waals surface area contributed by atoms with Crippen molar-refractivity contribution < 1.29 is 15.0 Å². The maximum Gasteiger partial charge on any atom is 0.276 e. The first-order valence-corrected chi connectivity index (χ1v) is 5.96. The van der Waals surface area contributed by atoms with E-state index in [1.54, 1.807) is 12.1 Å². The number of nitrogens with zero attached hydrogens (tertiary/aromatic N) is 2. The number of hydrogen-bond acceptors (Lipinski definition) is 5. The molecule has 0 spiro atoms. The van der Waals surface area contributed by atoms with Crippen LogP contribution in [-0.4, -0.2) is 15.0 Å². The highest BCUT2D eigenvalue weighted by molar-refractivity contribution is 5.42. The molecular weight excluding hydrogens is 276 g/mol. The number of nitro benzene ring substituents is 2. The highest BCUT2D eigenvalue weighted by atomic mass is 16.6. The number of benzene rings is 2. The Bertz CT molecular complexity index is 641. The molecular formula is C14H14N2O5. The monoisotopic (exact) mass is 290 g/mol. The number of rotatable bonds is 2. The van der Waals surface area contributed by atoms with Crippen LogP contribution >= 0.6 is 0 Å². The second-order valence-corrected chi connectivity index (χ2v) is 4.30. The molecule has 0 bridgehead atoms. The van der Waals surface area contributed by atoms with Gasteiger partial charge in [-0.2, -0.15) is 0 Å². The van der Waals surface area contributed by atoms with Gasteiger partial charge in [0.1, 0.15) is 5.75 Å². The van der Waals surface area contributed by atoms with E-state index < -0.39 is 9.85 Å². The van der Waals surface area contributed by atoms with E-state index in [0.29, 0.717) is 5.75 Å². The quantitative estimate of drug-likeness (QED) is 0.672. The van der Waals surface area contributed by atoms with Crippen LogP contribution in [0.5, 0.6) is 5.75 Å². The minimum absolute atomic E-state index is 0.274. The van der Waals surface area contributed by atoms with Crippen molar-refractivity contribution in [3.63, 3.8) is 0 Å². The number of aryl methyl sites for hydroxylation is 2. The van der Waals surface area contributed by atoms with Crippen LogP contribution in [0.1, 0.15) is 11.1 Å². The largest absolute Gasteiger partial charge is 0.508 e. The summed E-state index contributed by atoms with van der Waals surface area (Å²) in [5, 5.41) is 29.3. The topological polar surface area (TPSA) is 107 Å². The summed E-state index contributed by atoms with van der Waals surface area (Å²) in [5.74, 6) is 0.345. The van der Waals surface area contributed by atoms with E-state index in [9.17, 15) is 20.2 Å². The van der Waals surface area contributed by atoms with Crippen LogP contribution in [0.3, 0.4) is 0 Å². The molecule has 0 saturated carbocycles. The number of phenolic OH excluding ortho intramolecular Hbond substituents is 1. The SMILES string of the molecule is Cc1ccc(O)cc1C.O=[N+]([O-])c1cccc([N+](=O)[O-])c1. The third-order valence-corrected chi connectivity index (χ3v) is 2.74. The highest BCUT2D eigenvalue weighted by Gasteiger charge is 2.11. The van der Waals surface area contributed by atoms with E-state index in [4.69, 9.17) is 5.11 Å². The van der Waals surface area contributed by atoms with Gasteiger partial charge in [0.15, 0.2) is 0 Å². The van der Waals surface area contributed by atoms with Crippen molar-refractivity contribution >= 4 is 11.4 Å². The Labute approximate surface area is 120 Å². The maximum atomic E-state index is 10.2. The van der Waals surface area contributed by atoms with Gasteiger partial charge >= 0.3 is 0 Å². The Morgan fingerprint density at radius 3 is 1.76 bits per heavy atom. The molecule has 2 aromatic rings. The van der Waals surface area contributed by atoms with Crippen molar-refractivity contribution in [2.45, 2.75) is 13.8 Å². The van der Waals surface area contributed by atoms with Gasteiger partial charge in [-0.05, 0) is 43.2 Å². The van der Waals surface area contributed by atoms with Gasteiger partial charge in [0.2, 0.25) is 0 Å². The number of nitro groups is 2. The minimum Gasteiger partial charge on any atom is -0.508 e. The summed E-state index contributed by atoms with van der Waals surface area (Å²) in [6, 6.07) is 9.96. The van der Waals surface area contributed by atoms with Crippen molar-refractivity contribution in [2.75, 3.05) is 0 Å². The smallest absolute Gasteiger partial charge is 0.276 e. The van der Waals surface area contributed by atoms with Gasteiger partial charge in [0, 0.05) is 12.1 Å². The maximum absolute atomic E-state index is 10.2. The lowest BCUT2D eigenvalue weighted by atomic mass is 10.1. The average molecular weight is 290 g/mol. The van der Waals surface area contributed by atoms with Crippen LogP contribution in [-0.2, 0) is 0 Å². The molecule has 0 unspecified atom stereocenters. The lowest BCUT2D eigenvalue weighted by molar-refractivity contribution is -0.394. The number of non-ortho nitro benzene ring substituents is 2. The highest BCUT2D eigenvalue weighted by Crippen LogP contribution is 2.18. The van der Waals surface area contributed by atoms with E-state index in [-0.39, 0.29) is 11.4 Å². The molecule has 0 radical (unpaired) electrons. The lowest BCUT2D eigenvalue weighted by Gasteiger charge is -1.97. The molecule has 0 amide bonds. The number of hydrogen-bond donors (Lipinski definition) is 1. The van der Waals surface area contributed by atoms with Crippen molar-refractivity contribution in [1.29, 1.82) is 0 Å². The van der Waals surface area contributed by atoms with Crippen molar-refractivity contribution in [1.82, 2.24) is 0 Å². The lowest BCUT2D eigenvalue weighted by Crippen LogP contribution is -1.91. The zero-order valence-electron chi connectivity index (χ0n) is 11.5. The standard InChI is InChI=1S/C8H10O.C6H4N2O4/c1-6-3-4-8(9)5-7(6)2;9-7(10)5-2-1-3-6(4-5)8(11)12/h3-5,9H,1-2H3;1-4H. The first kappa shape index (κ1) is 16.1. The molecule has 7 nitrogen and oxygen atoms in total. The molecule has 0 heterocycles. The van der Waals surface area contributed by atoms with E-state index in [0.717, 1.165) is 11.6 Å². The second-order valence-electron chi connectivity index (χ2n) is 4.30.